The minimum Gasteiger partial charge on any atom is -0.493 e. The topological polar surface area (TPSA) is 78.8 Å². The minimum absolute atomic E-state index is 0.203. The fourth-order valence-corrected chi connectivity index (χ4v) is 5.15. The van der Waals surface area contributed by atoms with E-state index in [0.29, 0.717) is 22.9 Å². The Labute approximate surface area is 215 Å². The second-order valence-corrected chi connectivity index (χ2v) is 9.55. The van der Waals surface area contributed by atoms with Gasteiger partial charge < -0.3 is 14.9 Å². The number of nitrogens with one attached hydrogen (secondary N) is 1. The second kappa shape index (κ2) is 11.9. The zero-order valence-electron chi connectivity index (χ0n) is 20.3. The summed E-state index contributed by atoms with van der Waals surface area (Å²) in [6.45, 7) is 2.23. The maximum absolute atomic E-state index is 14.5. The average Bonchev–Trinajstić information content (AvgIpc) is 3.28. The molecule has 1 aliphatic rings. The van der Waals surface area contributed by atoms with Crippen LogP contribution in [0.5, 0.6) is 5.75 Å². The van der Waals surface area contributed by atoms with Crippen molar-refractivity contribution in [2.45, 2.75) is 51.1 Å². The summed E-state index contributed by atoms with van der Waals surface area (Å²) in [7, 11) is 0. The van der Waals surface area contributed by atoms with Crippen molar-refractivity contribution < 1.29 is 24.1 Å². The predicted octanol–water partition coefficient (Wildman–Crippen LogP) is 5.74. The van der Waals surface area contributed by atoms with Crippen molar-refractivity contribution in [1.29, 1.82) is 0 Å². The monoisotopic (exact) mass is 511 g/mol. The summed E-state index contributed by atoms with van der Waals surface area (Å²) in [5, 5.41) is 21.9. The number of hydrogen-bond acceptors (Lipinski definition) is 4. The van der Waals surface area contributed by atoms with Crippen LogP contribution in [0.4, 0.5) is 4.39 Å². The first kappa shape index (κ1) is 26.1. The fraction of sp³-hybridized carbons (Fsp3) is 0.345. The molecule has 0 saturated heterocycles. The molecule has 0 aromatic heterocycles. The number of carboxylic acid groups (broad SMARTS) is 1. The standard InChI is InChI=1S/C29H31ClFNO4/c1-2-12-36-28-15-19(25(30)14-20(28)16-32-27(17-33)29(34)35)13-18-10-11-23-21(18)7-5-8-22(23)24-6-3-4-9-26(24)31/h3-9,14-15,18,27,32-33H,2,10-13,16-17H2,1H3,(H,34,35)/t18-,27?/m1/s1. The van der Waals surface area contributed by atoms with Crippen molar-refractivity contribution in [3.63, 3.8) is 0 Å². The van der Waals surface area contributed by atoms with Gasteiger partial charge >= 0.3 is 5.97 Å². The van der Waals surface area contributed by atoms with Crippen molar-refractivity contribution >= 4 is 17.6 Å². The number of carbonyl (C=O) groups is 1. The molecule has 36 heavy (non-hydrogen) atoms. The van der Waals surface area contributed by atoms with Crippen molar-refractivity contribution in [3.8, 4) is 16.9 Å². The average molecular weight is 512 g/mol. The van der Waals surface area contributed by atoms with Gasteiger partial charge in [0, 0.05) is 22.7 Å². The normalized spacial score (nSPS) is 15.5. The van der Waals surface area contributed by atoms with Gasteiger partial charge in [-0.1, -0.05) is 54.9 Å². The van der Waals surface area contributed by atoms with E-state index in [4.69, 9.17) is 16.3 Å². The molecular weight excluding hydrogens is 481 g/mol. The van der Waals surface area contributed by atoms with E-state index < -0.39 is 18.6 Å². The summed E-state index contributed by atoms with van der Waals surface area (Å²) in [5.74, 6) is -0.432. The third-order valence-corrected chi connectivity index (χ3v) is 7.09. The quantitative estimate of drug-likeness (QED) is 0.306. The summed E-state index contributed by atoms with van der Waals surface area (Å²) in [4.78, 5) is 11.3. The van der Waals surface area contributed by atoms with Gasteiger partial charge in [0.2, 0.25) is 0 Å². The molecule has 3 aromatic carbocycles. The molecule has 0 spiro atoms. The number of fused-ring (bicyclic) bond motifs is 1. The summed E-state index contributed by atoms with van der Waals surface area (Å²) in [5.41, 5.74) is 5.69. The summed E-state index contributed by atoms with van der Waals surface area (Å²) in [6, 6.07) is 15.7. The van der Waals surface area contributed by atoms with Crippen molar-refractivity contribution in [2.75, 3.05) is 13.2 Å². The van der Waals surface area contributed by atoms with E-state index in [1.54, 1.807) is 6.07 Å². The van der Waals surface area contributed by atoms with E-state index >= 15 is 0 Å². The molecule has 190 valence electrons. The van der Waals surface area contributed by atoms with Gasteiger partial charge in [0.15, 0.2) is 0 Å². The highest BCUT2D eigenvalue weighted by molar-refractivity contribution is 6.31. The molecule has 0 heterocycles. The fourth-order valence-electron chi connectivity index (χ4n) is 4.89. The molecule has 7 heteroatoms. The van der Waals surface area contributed by atoms with Crippen LogP contribution in [-0.2, 0) is 24.2 Å². The Morgan fingerprint density at radius 2 is 1.94 bits per heavy atom. The largest absolute Gasteiger partial charge is 0.493 e. The number of aliphatic hydroxyl groups is 1. The number of aliphatic hydroxyl groups excluding tert-OH is 1. The first-order chi connectivity index (χ1) is 17.4. The third kappa shape index (κ3) is 5.72. The van der Waals surface area contributed by atoms with Gasteiger partial charge in [0.1, 0.15) is 17.6 Å². The molecular formula is C29H31ClFNO4. The van der Waals surface area contributed by atoms with Gasteiger partial charge in [-0.15, -0.1) is 0 Å². The number of ether oxygens (including phenoxy) is 1. The van der Waals surface area contributed by atoms with E-state index in [2.05, 4.69) is 11.4 Å². The lowest BCUT2D eigenvalue weighted by atomic mass is 9.90. The van der Waals surface area contributed by atoms with Crippen LogP contribution in [0.3, 0.4) is 0 Å². The van der Waals surface area contributed by atoms with E-state index in [9.17, 15) is 19.4 Å². The lowest BCUT2D eigenvalue weighted by molar-refractivity contribution is -0.140. The molecule has 0 fully saturated rings. The summed E-state index contributed by atoms with van der Waals surface area (Å²) in [6.07, 6.45) is 3.37. The van der Waals surface area contributed by atoms with Gasteiger partial charge in [-0.2, -0.15) is 0 Å². The van der Waals surface area contributed by atoms with E-state index in [-0.39, 0.29) is 18.3 Å². The Morgan fingerprint density at radius 1 is 1.17 bits per heavy atom. The summed E-state index contributed by atoms with van der Waals surface area (Å²) >= 11 is 6.70. The number of hydrogen-bond donors (Lipinski definition) is 3. The highest BCUT2D eigenvalue weighted by atomic mass is 35.5. The summed E-state index contributed by atoms with van der Waals surface area (Å²) < 4.78 is 20.5. The van der Waals surface area contributed by atoms with Crippen LogP contribution in [0.25, 0.3) is 11.1 Å². The molecule has 4 rings (SSSR count). The lowest BCUT2D eigenvalue weighted by Crippen LogP contribution is -2.39. The Bertz CT molecular complexity index is 1230. The first-order valence-electron chi connectivity index (χ1n) is 12.3. The number of benzene rings is 3. The molecule has 1 unspecified atom stereocenters. The molecule has 0 aliphatic heterocycles. The van der Waals surface area contributed by atoms with Crippen molar-refractivity contribution in [2.24, 2.45) is 0 Å². The van der Waals surface area contributed by atoms with Gasteiger partial charge in [0.05, 0.1) is 13.2 Å². The number of carboxylic acids is 1. The van der Waals surface area contributed by atoms with Crippen LogP contribution < -0.4 is 10.1 Å². The molecule has 0 amide bonds. The van der Waals surface area contributed by atoms with Crippen molar-refractivity contribution in [3.05, 3.63) is 87.7 Å². The van der Waals surface area contributed by atoms with Crippen LogP contribution in [-0.4, -0.2) is 35.4 Å². The van der Waals surface area contributed by atoms with Gasteiger partial charge in [-0.3, -0.25) is 10.1 Å². The number of rotatable bonds is 11. The van der Waals surface area contributed by atoms with E-state index in [1.807, 2.05) is 43.3 Å². The van der Waals surface area contributed by atoms with Gasteiger partial charge in [-0.05, 0) is 72.1 Å². The van der Waals surface area contributed by atoms with Crippen LogP contribution in [0.1, 0.15) is 47.9 Å². The molecule has 5 nitrogen and oxygen atoms in total. The second-order valence-electron chi connectivity index (χ2n) is 9.15. The highest BCUT2D eigenvalue weighted by Gasteiger charge is 2.27. The van der Waals surface area contributed by atoms with Gasteiger partial charge in [-0.25, -0.2) is 4.39 Å². The molecule has 0 saturated carbocycles. The van der Waals surface area contributed by atoms with Crippen LogP contribution >= 0.6 is 11.6 Å². The number of halogens is 2. The minimum atomic E-state index is -1.12. The Balaban J connectivity index is 1.60. The molecule has 3 N–H and O–H groups in total. The van der Waals surface area contributed by atoms with Gasteiger partial charge in [0.25, 0.3) is 0 Å². The lowest BCUT2D eigenvalue weighted by Gasteiger charge is -2.19. The smallest absolute Gasteiger partial charge is 0.323 e. The highest BCUT2D eigenvalue weighted by Crippen LogP contribution is 2.42. The Morgan fingerprint density at radius 3 is 2.67 bits per heavy atom. The predicted molar refractivity (Wildman–Crippen MR) is 139 cm³/mol. The number of aliphatic carboxylic acids is 1. The first-order valence-corrected chi connectivity index (χ1v) is 12.7. The third-order valence-electron chi connectivity index (χ3n) is 6.74. The van der Waals surface area contributed by atoms with E-state index in [1.165, 1.54) is 17.2 Å². The SMILES string of the molecule is CCCOc1cc(C[C@H]2CCc3c(-c4ccccc4F)cccc32)c(Cl)cc1CNC(CO)C(=O)O. The molecule has 3 aromatic rings. The van der Waals surface area contributed by atoms with Crippen LogP contribution in [0, 0.1) is 5.82 Å². The Hall–Kier alpha value is -2.93. The van der Waals surface area contributed by atoms with Crippen LogP contribution in [0.2, 0.25) is 5.02 Å². The van der Waals surface area contributed by atoms with Crippen molar-refractivity contribution in [1.82, 2.24) is 5.32 Å². The zero-order chi connectivity index (χ0) is 25.7. The molecule has 0 bridgehead atoms. The molecule has 1 aliphatic carbocycles. The van der Waals surface area contributed by atoms with Crippen LogP contribution in [0.15, 0.2) is 54.6 Å². The maximum atomic E-state index is 14.5. The molecule has 2 atom stereocenters. The Kier molecular flexibility index (Phi) is 8.62. The molecule has 0 radical (unpaired) electrons. The zero-order valence-corrected chi connectivity index (χ0v) is 21.0. The van der Waals surface area contributed by atoms with E-state index in [0.717, 1.165) is 42.4 Å². The maximum Gasteiger partial charge on any atom is 0.323 e.